The Balaban J connectivity index is 1.00. The van der Waals surface area contributed by atoms with Crippen LogP contribution >= 0.6 is 0 Å². The van der Waals surface area contributed by atoms with Gasteiger partial charge in [0.25, 0.3) is 0 Å². The summed E-state index contributed by atoms with van der Waals surface area (Å²) < 4.78 is 0. The second-order valence-corrected chi connectivity index (χ2v) is 17.0. The van der Waals surface area contributed by atoms with Crippen LogP contribution in [0.2, 0.25) is 0 Å². The Bertz CT molecular complexity index is 3170. The highest BCUT2D eigenvalue weighted by molar-refractivity contribution is 5.90. The summed E-state index contributed by atoms with van der Waals surface area (Å²) in [4.78, 5) is 2.40. The summed E-state index contributed by atoms with van der Waals surface area (Å²) in [6, 6.07) is 86.7. The maximum Gasteiger partial charge on any atom is 0.0473 e. The smallest absolute Gasteiger partial charge is 0.0473 e. The molecule has 0 saturated heterocycles. The van der Waals surface area contributed by atoms with Crippen molar-refractivity contribution in [3.8, 4) is 66.8 Å². The van der Waals surface area contributed by atoms with Crippen molar-refractivity contribution >= 4 is 27.8 Å². The molecule has 1 aliphatic rings. The van der Waals surface area contributed by atoms with Crippen molar-refractivity contribution in [2.45, 2.75) is 19.3 Å². The van der Waals surface area contributed by atoms with Crippen molar-refractivity contribution in [2.24, 2.45) is 0 Å². The summed E-state index contributed by atoms with van der Waals surface area (Å²) in [5.74, 6) is 0. The van der Waals surface area contributed by atoms with Crippen LogP contribution in [0.25, 0.3) is 77.5 Å². The van der Waals surface area contributed by atoms with E-state index in [1.165, 1.54) is 88.7 Å². The Kier molecular flexibility index (Phi) is 9.24. The van der Waals surface area contributed by atoms with Crippen LogP contribution in [0.3, 0.4) is 0 Å². The van der Waals surface area contributed by atoms with Gasteiger partial charge < -0.3 is 4.90 Å². The predicted octanol–water partition coefficient (Wildman–Crippen LogP) is 17.0. The highest BCUT2D eigenvalue weighted by Gasteiger charge is 2.35. The van der Waals surface area contributed by atoms with E-state index in [0.717, 1.165) is 17.1 Å². The number of fused-ring (bicyclic) bond motifs is 4. The maximum atomic E-state index is 2.41. The third kappa shape index (κ3) is 6.79. The largest absolute Gasteiger partial charge is 0.310 e. The highest BCUT2D eigenvalue weighted by Crippen LogP contribution is 2.50. The minimum absolute atomic E-state index is 0.0528. The summed E-state index contributed by atoms with van der Waals surface area (Å²) in [5.41, 5.74) is 20.7. The van der Waals surface area contributed by atoms with E-state index < -0.39 is 0 Å². The molecule has 0 unspecified atom stereocenters. The summed E-state index contributed by atoms with van der Waals surface area (Å²) in [6.45, 7) is 4.70. The van der Waals surface area contributed by atoms with Crippen molar-refractivity contribution in [3.05, 3.63) is 248 Å². The second-order valence-electron chi connectivity index (χ2n) is 17.0. The predicted molar refractivity (Wildman–Crippen MR) is 263 cm³/mol. The minimum Gasteiger partial charge on any atom is -0.310 e. The molecule has 0 radical (unpaired) electrons. The molecule has 0 aliphatic heterocycles. The number of rotatable bonds is 8. The molecule has 11 rings (SSSR count). The van der Waals surface area contributed by atoms with Crippen LogP contribution < -0.4 is 4.90 Å². The topological polar surface area (TPSA) is 3.24 Å². The van der Waals surface area contributed by atoms with Crippen LogP contribution in [-0.2, 0) is 5.41 Å². The second kappa shape index (κ2) is 15.4. The average molecular weight is 792 g/mol. The highest BCUT2D eigenvalue weighted by atomic mass is 15.1. The van der Waals surface area contributed by atoms with Crippen LogP contribution in [0.15, 0.2) is 237 Å². The molecule has 0 aromatic heterocycles. The molecule has 1 heteroatoms. The Morgan fingerprint density at radius 3 is 1.34 bits per heavy atom. The lowest BCUT2D eigenvalue weighted by atomic mass is 9.81. The standard InChI is InChI=1S/C61H45N/c1-61(2)59-23-12-11-22-57(59)58-35-30-51(41-60(58)61)46-28-33-55(34-29-46)62(56-39-52(42-14-5-3-6-15-42)38-53(40-56)43-16-7-4-8-17-43)54-31-26-45(27-32-54)48-20-13-21-49(36-48)50-25-24-44-18-9-10-19-47(44)37-50/h3-41H,1-2H3. The average Bonchev–Trinajstić information content (AvgIpc) is 3.57. The number of nitrogens with zero attached hydrogens (tertiary/aromatic N) is 1. The first-order valence-electron chi connectivity index (χ1n) is 21.6. The Labute approximate surface area is 364 Å². The van der Waals surface area contributed by atoms with Gasteiger partial charge >= 0.3 is 0 Å². The van der Waals surface area contributed by atoms with Gasteiger partial charge in [-0.25, -0.2) is 0 Å². The third-order valence-corrected chi connectivity index (χ3v) is 12.8. The zero-order chi connectivity index (χ0) is 41.6. The fraction of sp³-hybridized carbons (Fsp3) is 0.0492. The van der Waals surface area contributed by atoms with Gasteiger partial charge in [-0.15, -0.1) is 0 Å². The van der Waals surface area contributed by atoms with Crippen molar-refractivity contribution in [2.75, 3.05) is 4.90 Å². The van der Waals surface area contributed by atoms with Gasteiger partial charge in [0.2, 0.25) is 0 Å². The Hall–Kier alpha value is -7.74. The molecule has 294 valence electrons. The van der Waals surface area contributed by atoms with Gasteiger partial charge in [0, 0.05) is 22.5 Å². The minimum atomic E-state index is -0.0528. The molecule has 0 spiro atoms. The molecule has 1 aliphatic carbocycles. The molecule has 10 aromatic rings. The van der Waals surface area contributed by atoms with E-state index in [9.17, 15) is 0 Å². The lowest BCUT2D eigenvalue weighted by Crippen LogP contribution is -2.14. The number of hydrogen-bond acceptors (Lipinski definition) is 1. The van der Waals surface area contributed by atoms with E-state index in [-0.39, 0.29) is 5.41 Å². The molecule has 0 bridgehead atoms. The quantitative estimate of drug-likeness (QED) is 0.148. The van der Waals surface area contributed by atoms with Gasteiger partial charge in [0.15, 0.2) is 0 Å². The zero-order valence-electron chi connectivity index (χ0n) is 35.0. The first-order chi connectivity index (χ1) is 30.5. The normalized spacial score (nSPS) is 12.5. The summed E-state index contributed by atoms with van der Waals surface area (Å²) >= 11 is 0. The lowest BCUT2D eigenvalue weighted by Gasteiger charge is -2.27. The van der Waals surface area contributed by atoms with E-state index >= 15 is 0 Å². The van der Waals surface area contributed by atoms with E-state index in [4.69, 9.17) is 0 Å². The van der Waals surface area contributed by atoms with E-state index in [1.807, 2.05) is 0 Å². The molecule has 10 aromatic carbocycles. The lowest BCUT2D eigenvalue weighted by molar-refractivity contribution is 0.660. The molecule has 0 fully saturated rings. The maximum absolute atomic E-state index is 2.41. The molecule has 0 amide bonds. The summed E-state index contributed by atoms with van der Waals surface area (Å²) in [6.07, 6.45) is 0. The number of hydrogen-bond donors (Lipinski definition) is 0. The van der Waals surface area contributed by atoms with Gasteiger partial charge in [-0.05, 0) is 149 Å². The zero-order valence-corrected chi connectivity index (χ0v) is 35.0. The number of benzene rings is 10. The monoisotopic (exact) mass is 791 g/mol. The van der Waals surface area contributed by atoms with Crippen molar-refractivity contribution in [1.82, 2.24) is 0 Å². The molecule has 1 nitrogen and oxygen atoms in total. The number of anilines is 3. The van der Waals surface area contributed by atoms with Gasteiger partial charge in [-0.3, -0.25) is 0 Å². The van der Waals surface area contributed by atoms with Gasteiger partial charge in [-0.1, -0.05) is 190 Å². The molecule has 0 saturated carbocycles. The van der Waals surface area contributed by atoms with Crippen molar-refractivity contribution in [3.63, 3.8) is 0 Å². The van der Waals surface area contributed by atoms with E-state index in [1.54, 1.807) is 0 Å². The molecular formula is C61H45N. The molecule has 0 atom stereocenters. The Morgan fingerprint density at radius 2 is 0.694 bits per heavy atom. The van der Waals surface area contributed by atoms with Gasteiger partial charge in [0.1, 0.15) is 0 Å². The fourth-order valence-corrected chi connectivity index (χ4v) is 9.52. The van der Waals surface area contributed by atoms with Crippen molar-refractivity contribution in [1.29, 1.82) is 0 Å². The van der Waals surface area contributed by atoms with Gasteiger partial charge in [0.05, 0.1) is 0 Å². The molecule has 62 heavy (non-hydrogen) atoms. The first-order valence-corrected chi connectivity index (χ1v) is 21.6. The first kappa shape index (κ1) is 37.3. The van der Waals surface area contributed by atoms with Crippen LogP contribution in [0, 0.1) is 0 Å². The SMILES string of the molecule is CC1(C)c2ccccc2-c2ccc(-c3ccc(N(c4ccc(-c5cccc(-c6ccc7ccccc7c6)c5)cc4)c4cc(-c5ccccc5)cc(-c5ccccc5)c4)cc3)cc21. The fourth-order valence-electron chi connectivity index (χ4n) is 9.52. The Morgan fingerprint density at radius 1 is 0.258 bits per heavy atom. The van der Waals surface area contributed by atoms with Crippen LogP contribution in [0.1, 0.15) is 25.0 Å². The van der Waals surface area contributed by atoms with Crippen molar-refractivity contribution < 1.29 is 0 Å². The van der Waals surface area contributed by atoms with Crippen LogP contribution in [0.5, 0.6) is 0 Å². The summed E-state index contributed by atoms with van der Waals surface area (Å²) in [5, 5.41) is 2.51. The molecule has 0 heterocycles. The van der Waals surface area contributed by atoms with Crippen LogP contribution in [-0.4, -0.2) is 0 Å². The molecular weight excluding hydrogens is 747 g/mol. The van der Waals surface area contributed by atoms with E-state index in [0.29, 0.717) is 0 Å². The third-order valence-electron chi connectivity index (χ3n) is 12.8. The van der Waals surface area contributed by atoms with Crippen LogP contribution in [0.4, 0.5) is 17.1 Å². The summed E-state index contributed by atoms with van der Waals surface area (Å²) in [7, 11) is 0. The van der Waals surface area contributed by atoms with E-state index in [2.05, 4.69) is 255 Å². The van der Waals surface area contributed by atoms with Gasteiger partial charge in [-0.2, -0.15) is 0 Å². The molecule has 0 N–H and O–H groups in total.